The van der Waals surface area contributed by atoms with E-state index in [0.29, 0.717) is 13.1 Å². The van der Waals surface area contributed by atoms with E-state index in [-0.39, 0.29) is 12.1 Å². The van der Waals surface area contributed by atoms with E-state index in [1.54, 1.807) is 0 Å². The molecule has 2 rings (SSSR count). The Morgan fingerprint density at radius 1 is 1.50 bits per heavy atom. The second-order valence-corrected chi connectivity index (χ2v) is 4.98. The van der Waals surface area contributed by atoms with Crippen molar-refractivity contribution >= 4 is 11.8 Å². The third-order valence-corrected chi connectivity index (χ3v) is 3.29. The second kappa shape index (κ2) is 6.17. The molecule has 1 saturated heterocycles. The highest BCUT2D eigenvalue weighted by molar-refractivity contribution is 5.75. The number of ether oxygens (including phenoxy) is 2. The molecule has 6 heteroatoms. The summed E-state index contributed by atoms with van der Waals surface area (Å²) in [6.07, 6.45) is 0.244. The van der Waals surface area contributed by atoms with Crippen LogP contribution in [0.5, 0.6) is 0 Å². The topological polar surface area (TPSA) is 64.6 Å². The number of hydrogen-bond donors (Lipinski definition) is 0. The van der Waals surface area contributed by atoms with Gasteiger partial charge < -0.3 is 14.4 Å². The molecule has 20 heavy (non-hydrogen) atoms. The van der Waals surface area contributed by atoms with Crippen molar-refractivity contribution in [3.05, 3.63) is 17.6 Å². The number of nitrogens with zero attached hydrogens (tertiary/aromatic N) is 3. The van der Waals surface area contributed by atoms with Crippen LogP contribution in [0, 0.1) is 6.92 Å². The zero-order chi connectivity index (χ0) is 14.7. The Labute approximate surface area is 119 Å². The minimum absolute atomic E-state index is 0.0480. The molecule has 1 unspecified atom stereocenters. The Balaban J connectivity index is 2.22. The summed E-state index contributed by atoms with van der Waals surface area (Å²) in [6, 6.07) is 1.97. The van der Waals surface area contributed by atoms with Crippen molar-refractivity contribution < 1.29 is 14.3 Å². The SMILES string of the molecule is CCc1cc(N2CC(C(=O)OC)O[C@H](C)C2)nc(C)n1. The lowest BCUT2D eigenvalue weighted by Gasteiger charge is -2.36. The maximum Gasteiger partial charge on any atom is 0.336 e. The number of carbonyl (C=O) groups excluding carboxylic acids is 1. The van der Waals surface area contributed by atoms with Crippen LogP contribution in [-0.2, 0) is 20.7 Å². The zero-order valence-electron chi connectivity index (χ0n) is 12.4. The molecule has 0 N–H and O–H groups in total. The van der Waals surface area contributed by atoms with Crippen LogP contribution < -0.4 is 4.90 Å². The number of carbonyl (C=O) groups is 1. The third-order valence-electron chi connectivity index (χ3n) is 3.29. The third kappa shape index (κ3) is 3.25. The summed E-state index contributed by atoms with van der Waals surface area (Å²) in [6.45, 7) is 7.04. The molecular formula is C14H21N3O3. The summed E-state index contributed by atoms with van der Waals surface area (Å²) in [4.78, 5) is 22.6. The molecule has 1 aliphatic heterocycles. The van der Waals surface area contributed by atoms with Crippen molar-refractivity contribution in [3.8, 4) is 0 Å². The van der Waals surface area contributed by atoms with Gasteiger partial charge >= 0.3 is 5.97 Å². The number of anilines is 1. The number of hydrogen-bond acceptors (Lipinski definition) is 6. The maximum absolute atomic E-state index is 11.7. The quantitative estimate of drug-likeness (QED) is 0.772. The number of methoxy groups -OCH3 is 1. The van der Waals surface area contributed by atoms with E-state index in [9.17, 15) is 4.79 Å². The van der Waals surface area contributed by atoms with Crippen molar-refractivity contribution in [3.63, 3.8) is 0 Å². The van der Waals surface area contributed by atoms with Gasteiger partial charge in [0.05, 0.1) is 19.8 Å². The Morgan fingerprint density at radius 3 is 2.90 bits per heavy atom. The van der Waals surface area contributed by atoms with Crippen LogP contribution in [0.2, 0.25) is 0 Å². The molecule has 0 bridgehead atoms. The highest BCUT2D eigenvalue weighted by atomic mass is 16.6. The van der Waals surface area contributed by atoms with Crippen molar-refractivity contribution in [2.45, 2.75) is 39.4 Å². The van der Waals surface area contributed by atoms with E-state index in [2.05, 4.69) is 21.8 Å². The molecule has 1 fully saturated rings. The molecule has 0 saturated carbocycles. The largest absolute Gasteiger partial charge is 0.467 e. The van der Waals surface area contributed by atoms with Gasteiger partial charge in [0.15, 0.2) is 6.10 Å². The minimum Gasteiger partial charge on any atom is -0.467 e. The Kier molecular flexibility index (Phi) is 4.54. The number of esters is 1. The smallest absolute Gasteiger partial charge is 0.336 e. The van der Waals surface area contributed by atoms with E-state index in [1.165, 1.54) is 7.11 Å². The van der Waals surface area contributed by atoms with Crippen LogP contribution in [0.3, 0.4) is 0 Å². The molecule has 6 nitrogen and oxygen atoms in total. The fourth-order valence-electron chi connectivity index (χ4n) is 2.36. The number of rotatable bonds is 3. The molecule has 0 aromatic carbocycles. The van der Waals surface area contributed by atoms with Crippen LogP contribution in [0.1, 0.15) is 25.4 Å². The van der Waals surface area contributed by atoms with Crippen LogP contribution >= 0.6 is 0 Å². The molecule has 1 aromatic rings. The van der Waals surface area contributed by atoms with Gasteiger partial charge in [-0.1, -0.05) is 6.92 Å². The summed E-state index contributed by atoms with van der Waals surface area (Å²) in [7, 11) is 1.37. The van der Waals surface area contributed by atoms with Gasteiger partial charge in [0.2, 0.25) is 0 Å². The van der Waals surface area contributed by atoms with Crippen LogP contribution in [-0.4, -0.2) is 48.3 Å². The molecule has 2 heterocycles. The average Bonchev–Trinajstić information content (AvgIpc) is 2.45. The maximum atomic E-state index is 11.7. The minimum atomic E-state index is -0.566. The van der Waals surface area contributed by atoms with E-state index in [0.717, 1.165) is 23.8 Å². The highest BCUT2D eigenvalue weighted by Gasteiger charge is 2.31. The van der Waals surface area contributed by atoms with E-state index in [4.69, 9.17) is 9.47 Å². The predicted molar refractivity (Wildman–Crippen MR) is 74.7 cm³/mol. The summed E-state index contributed by atoms with van der Waals surface area (Å²) in [5.74, 6) is 1.24. The molecular weight excluding hydrogens is 258 g/mol. The summed E-state index contributed by atoms with van der Waals surface area (Å²) < 4.78 is 10.4. The van der Waals surface area contributed by atoms with Crippen molar-refractivity contribution in [2.75, 3.05) is 25.1 Å². The van der Waals surface area contributed by atoms with E-state index < -0.39 is 6.10 Å². The van der Waals surface area contributed by atoms with Crippen LogP contribution in [0.4, 0.5) is 5.82 Å². The van der Waals surface area contributed by atoms with Crippen molar-refractivity contribution in [2.24, 2.45) is 0 Å². The number of aromatic nitrogens is 2. The first-order valence-electron chi connectivity index (χ1n) is 6.86. The first-order valence-corrected chi connectivity index (χ1v) is 6.86. The lowest BCUT2D eigenvalue weighted by molar-refractivity contribution is -0.158. The molecule has 2 atom stereocenters. The van der Waals surface area contributed by atoms with Gasteiger partial charge in [0, 0.05) is 18.3 Å². The van der Waals surface area contributed by atoms with Gasteiger partial charge in [0.25, 0.3) is 0 Å². The standard InChI is InChI=1S/C14H21N3O3/c1-5-11-6-13(16-10(3)15-11)17-7-9(2)20-12(8-17)14(18)19-4/h6,9,12H,5,7-8H2,1-4H3/t9-,12?/m1/s1. The van der Waals surface area contributed by atoms with Gasteiger partial charge in [0.1, 0.15) is 11.6 Å². The molecule has 1 aliphatic rings. The van der Waals surface area contributed by atoms with E-state index in [1.807, 2.05) is 19.9 Å². The Hall–Kier alpha value is -1.69. The average molecular weight is 279 g/mol. The van der Waals surface area contributed by atoms with Gasteiger partial charge in [-0.2, -0.15) is 0 Å². The Morgan fingerprint density at radius 2 is 2.25 bits per heavy atom. The monoisotopic (exact) mass is 279 g/mol. The van der Waals surface area contributed by atoms with Gasteiger partial charge in [-0.25, -0.2) is 14.8 Å². The summed E-state index contributed by atoms with van der Waals surface area (Å²) in [5, 5.41) is 0. The molecule has 0 aliphatic carbocycles. The fourth-order valence-corrected chi connectivity index (χ4v) is 2.36. The lowest BCUT2D eigenvalue weighted by atomic mass is 10.2. The molecule has 1 aromatic heterocycles. The van der Waals surface area contributed by atoms with Crippen LogP contribution in [0.15, 0.2) is 6.07 Å². The normalized spacial score (nSPS) is 22.7. The van der Waals surface area contributed by atoms with E-state index >= 15 is 0 Å². The molecule has 0 amide bonds. The second-order valence-electron chi connectivity index (χ2n) is 4.98. The first-order chi connectivity index (χ1) is 9.53. The van der Waals surface area contributed by atoms with Gasteiger partial charge in [-0.3, -0.25) is 0 Å². The van der Waals surface area contributed by atoms with Crippen LogP contribution in [0.25, 0.3) is 0 Å². The summed E-state index contributed by atoms with van der Waals surface area (Å²) in [5.41, 5.74) is 1.00. The fraction of sp³-hybridized carbons (Fsp3) is 0.643. The molecule has 110 valence electrons. The highest BCUT2D eigenvalue weighted by Crippen LogP contribution is 2.20. The van der Waals surface area contributed by atoms with Crippen molar-refractivity contribution in [1.82, 2.24) is 9.97 Å². The molecule has 0 spiro atoms. The van der Waals surface area contributed by atoms with Gasteiger partial charge in [-0.15, -0.1) is 0 Å². The Bertz CT molecular complexity index is 493. The predicted octanol–water partition coefficient (Wildman–Crippen LogP) is 1.11. The molecule has 0 radical (unpaired) electrons. The number of morpholine rings is 1. The first kappa shape index (κ1) is 14.7. The summed E-state index contributed by atoms with van der Waals surface area (Å²) >= 11 is 0. The zero-order valence-corrected chi connectivity index (χ0v) is 12.4. The van der Waals surface area contributed by atoms with Crippen molar-refractivity contribution in [1.29, 1.82) is 0 Å². The van der Waals surface area contributed by atoms with Gasteiger partial charge in [-0.05, 0) is 20.3 Å². The lowest BCUT2D eigenvalue weighted by Crippen LogP contribution is -2.50. The number of aryl methyl sites for hydroxylation is 2.